The van der Waals surface area contributed by atoms with Gasteiger partial charge in [-0.15, -0.1) is 0 Å². The molecule has 4 aromatic rings. The normalized spacial score (nSPS) is 11.2. The van der Waals surface area contributed by atoms with Gasteiger partial charge in [-0.3, -0.25) is 0 Å². The van der Waals surface area contributed by atoms with Gasteiger partial charge in [0.2, 0.25) is 0 Å². The minimum atomic E-state index is 0.851. The molecular weight excluding hydrogens is 376 g/mol. The van der Waals surface area contributed by atoms with E-state index in [9.17, 15) is 0 Å². The Hall–Kier alpha value is -3.84. The lowest BCUT2D eigenvalue weighted by Crippen LogP contribution is -1.83. The van der Waals surface area contributed by atoms with Crippen LogP contribution in [0.4, 0.5) is 0 Å². The van der Waals surface area contributed by atoms with Gasteiger partial charge in [0, 0.05) is 0 Å². The zero-order valence-electron chi connectivity index (χ0n) is 17.5. The molecule has 0 N–H and O–H groups in total. The lowest BCUT2D eigenvalue weighted by molar-refractivity contribution is 0.399. The molecule has 0 atom stereocenters. The summed E-state index contributed by atoms with van der Waals surface area (Å²) in [4.78, 5) is 0. The molecule has 31 heavy (non-hydrogen) atoms. The number of rotatable bonds is 8. The van der Waals surface area contributed by atoms with Crippen LogP contribution in [0.5, 0.6) is 0 Å². The average molecular weight is 403 g/mol. The van der Waals surface area contributed by atoms with Crippen molar-refractivity contribution in [2.75, 3.05) is 0 Å². The van der Waals surface area contributed by atoms with Crippen molar-refractivity contribution in [1.82, 2.24) is 0 Å². The minimum Gasteiger partial charge on any atom is -0.473 e. The van der Waals surface area contributed by atoms with Crippen molar-refractivity contribution in [2.24, 2.45) is 0 Å². The van der Waals surface area contributed by atoms with Crippen molar-refractivity contribution in [2.45, 2.75) is 12.8 Å². The fourth-order valence-electron chi connectivity index (χ4n) is 3.45. The lowest BCUT2D eigenvalue weighted by atomic mass is 10.0. The van der Waals surface area contributed by atoms with E-state index >= 15 is 0 Å². The monoisotopic (exact) mass is 402 g/mol. The first-order chi connectivity index (χ1) is 15.4. The van der Waals surface area contributed by atoms with Crippen LogP contribution in [-0.2, 0) is 17.6 Å². The second-order valence-electron chi connectivity index (χ2n) is 7.41. The Balaban J connectivity index is 1.20. The van der Waals surface area contributed by atoms with Gasteiger partial charge >= 0.3 is 0 Å². The second-order valence-corrected chi connectivity index (χ2v) is 7.41. The number of allylic oxidation sites excluding steroid dienone is 2. The van der Waals surface area contributed by atoms with Gasteiger partial charge < -0.3 is 4.74 Å². The topological polar surface area (TPSA) is 9.23 Å². The molecule has 1 nitrogen and oxygen atoms in total. The average Bonchev–Trinajstić information content (AvgIpc) is 2.85. The van der Waals surface area contributed by atoms with Crippen LogP contribution in [0.2, 0.25) is 0 Å². The van der Waals surface area contributed by atoms with Gasteiger partial charge in [0.25, 0.3) is 0 Å². The Bertz CT molecular complexity index is 1010. The van der Waals surface area contributed by atoms with E-state index in [1.165, 1.54) is 33.4 Å². The van der Waals surface area contributed by atoms with E-state index in [-0.39, 0.29) is 0 Å². The first-order valence-electron chi connectivity index (χ1n) is 10.6. The summed E-state index contributed by atoms with van der Waals surface area (Å²) in [5.41, 5.74) is 7.50. The Labute approximate surface area is 185 Å². The zero-order valence-corrected chi connectivity index (χ0v) is 17.5. The van der Waals surface area contributed by atoms with Gasteiger partial charge in [-0.2, -0.15) is 0 Å². The maximum Gasteiger partial charge on any atom is 0.0864 e. The molecule has 0 aromatic heterocycles. The molecular formula is C30H26O. The molecule has 0 aliphatic rings. The highest BCUT2D eigenvalue weighted by Gasteiger charge is 1.97. The predicted octanol–water partition coefficient (Wildman–Crippen LogP) is 7.85. The quantitative estimate of drug-likeness (QED) is 0.273. The Morgan fingerprint density at radius 3 is 1.16 bits per heavy atom. The van der Waals surface area contributed by atoms with Crippen molar-refractivity contribution < 1.29 is 4.74 Å². The summed E-state index contributed by atoms with van der Waals surface area (Å²) in [6.07, 6.45) is 9.28. The summed E-state index contributed by atoms with van der Waals surface area (Å²) < 4.78 is 5.50. The largest absolute Gasteiger partial charge is 0.473 e. The summed E-state index contributed by atoms with van der Waals surface area (Å²) in [5.74, 6) is 0. The fourth-order valence-corrected chi connectivity index (χ4v) is 3.45. The summed E-state index contributed by atoms with van der Waals surface area (Å²) in [6.45, 7) is 0. The fraction of sp³-hybridized carbons (Fsp3) is 0.0667. The van der Waals surface area contributed by atoms with Crippen LogP contribution in [0.25, 0.3) is 22.3 Å². The Morgan fingerprint density at radius 2 is 0.774 bits per heavy atom. The smallest absolute Gasteiger partial charge is 0.0864 e. The van der Waals surface area contributed by atoms with E-state index in [0.717, 1.165) is 12.8 Å². The van der Waals surface area contributed by atoms with Crippen LogP contribution >= 0.6 is 0 Å². The summed E-state index contributed by atoms with van der Waals surface area (Å²) >= 11 is 0. The number of ether oxygens (including phenoxy) is 1. The van der Waals surface area contributed by atoms with E-state index in [1.54, 1.807) is 12.5 Å². The maximum absolute atomic E-state index is 5.50. The molecule has 0 amide bonds. The molecule has 152 valence electrons. The third-order valence-corrected chi connectivity index (χ3v) is 5.18. The summed E-state index contributed by atoms with van der Waals surface area (Å²) in [5, 5.41) is 0. The van der Waals surface area contributed by atoms with Crippen molar-refractivity contribution in [3.63, 3.8) is 0 Å². The van der Waals surface area contributed by atoms with Crippen LogP contribution in [0.1, 0.15) is 11.1 Å². The minimum absolute atomic E-state index is 0.851. The van der Waals surface area contributed by atoms with Gasteiger partial charge in [0.15, 0.2) is 0 Å². The predicted molar refractivity (Wildman–Crippen MR) is 131 cm³/mol. The zero-order chi connectivity index (χ0) is 21.1. The second kappa shape index (κ2) is 10.8. The Morgan fingerprint density at radius 1 is 0.419 bits per heavy atom. The van der Waals surface area contributed by atoms with Gasteiger partial charge in [-0.25, -0.2) is 0 Å². The Kier molecular flexibility index (Phi) is 7.12. The van der Waals surface area contributed by atoms with E-state index in [4.69, 9.17) is 4.74 Å². The first-order valence-corrected chi connectivity index (χ1v) is 10.6. The number of hydrogen-bond acceptors (Lipinski definition) is 1. The number of hydrogen-bond donors (Lipinski definition) is 0. The van der Waals surface area contributed by atoms with E-state index in [2.05, 4.69) is 97.1 Å². The van der Waals surface area contributed by atoms with Gasteiger partial charge in [0.1, 0.15) is 0 Å². The molecule has 0 aliphatic carbocycles. The molecule has 0 spiro atoms. The molecule has 0 bridgehead atoms. The van der Waals surface area contributed by atoms with Crippen LogP contribution in [0.15, 0.2) is 134 Å². The maximum atomic E-state index is 5.50. The van der Waals surface area contributed by atoms with E-state index in [0.29, 0.717) is 0 Å². The van der Waals surface area contributed by atoms with Crippen LogP contribution in [0.3, 0.4) is 0 Å². The van der Waals surface area contributed by atoms with Crippen molar-refractivity contribution in [1.29, 1.82) is 0 Å². The third kappa shape index (κ3) is 6.07. The van der Waals surface area contributed by atoms with Crippen molar-refractivity contribution >= 4 is 0 Å². The van der Waals surface area contributed by atoms with Crippen molar-refractivity contribution in [3.05, 3.63) is 145 Å². The third-order valence-electron chi connectivity index (χ3n) is 5.18. The van der Waals surface area contributed by atoms with Gasteiger partial charge in [-0.1, -0.05) is 109 Å². The summed E-state index contributed by atoms with van der Waals surface area (Å²) in [7, 11) is 0. The molecule has 0 saturated heterocycles. The molecule has 0 saturated carbocycles. The molecule has 4 rings (SSSR count). The highest BCUT2D eigenvalue weighted by Crippen LogP contribution is 2.20. The lowest BCUT2D eigenvalue weighted by Gasteiger charge is -2.03. The molecule has 0 heterocycles. The van der Waals surface area contributed by atoms with Crippen LogP contribution in [0, 0.1) is 0 Å². The first kappa shape index (κ1) is 20.4. The number of benzene rings is 4. The van der Waals surface area contributed by atoms with E-state index in [1.807, 2.05) is 24.3 Å². The van der Waals surface area contributed by atoms with Gasteiger partial charge in [-0.05, 0) is 58.4 Å². The van der Waals surface area contributed by atoms with Gasteiger partial charge in [0.05, 0.1) is 12.5 Å². The molecule has 0 unspecified atom stereocenters. The molecule has 1 heteroatoms. The van der Waals surface area contributed by atoms with Crippen molar-refractivity contribution in [3.8, 4) is 22.3 Å². The molecule has 0 aliphatic heterocycles. The van der Waals surface area contributed by atoms with Crippen LogP contribution in [-0.4, -0.2) is 0 Å². The SMILES string of the molecule is C(=COC=CCc1ccc(-c2ccccc2)cc1)Cc1ccc(-c2ccccc2)cc1. The molecule has 0 fully saturated rings. The van der Waals surface area contributed by atoms with E-state index < -0.39 is 0 Å². The molecule has 4 aromatic carbocycles. The highest BCUT2D eigenvalue weighted by molar-refractivity contribution is 5.64. The highest BCUT2D eigenvalue weighted by atomic mass is 16.5. The standard InChI is InChI=1S/C30H26O/c1-3-11-27(12-4-1)29-19-15-25(16-20-29)9-7-23-31-24-8-10-26-17-21-30(22-18-26)28-13-5-2-6-14-28/h1-8,11-24H,9-10H2. The molecule has 0 radical (unpaired) electrons. The van der Waals surface area contributed by atoms with Crippen LogP contribution < -0.4 is 0 Å². The summed E-state index contributed by atoms with van der Waals surface area (Å²) in [6, 6.07) is 38.2.